The first-order valence-electron chi connectivity index (χ1n) is 8.28. The van der Waals surface area contributed by atoms with E-state index in [0.717, 1.165) is 24.2 Å². The Morgan fingerprint density at radius 2 is 2.00 bits per heavy atom. The van der Waals surface area contributed by atoms with Crippen molar-refractivity contribution in [3.05, 3.63) is 29.6 Å². The number of hydrogen-bond acceptors (Lipinski definition) is 1. The van der Waals surface area contributed by atoms with Crippen LogP contribution in [-0.4, -0.2) is 9.81 Å². The summed E-state index contributed by atoms with van der Waals surface area (Å²) in [5, 5.41) is 0. The summed E-state index contributed by atoms with van der Waals surface area (Å²) < 4.78 is 0. The average molecular weight is 336 g/mol. The molecule has 2 heteroatoms. The average Bonchev–Trinajstić information content (AvgIpc) is 2.49. The number of alkyl halides is 1. The smallest absolute Gasteiger partial charge is 0.0443 e. The number of rotatable bonds is 3. The SMILES string of the molecule is Cc1cccnc1CC(Br)C1CCC2CCCCC2C1. The van der Waals surface area contributed by atoms with Gasteiger partial charge < -0.3 is 0 Å². The van der Waals surface area contributed by atoms with Crippen molar-refractivity contribution >= 4 is 15.9 Å². The number of hydrogen-bond donors (Lipinski definition) is 0. The molecule has 1 aromatic rings. The van der Waals surface area contributed by atoms with Crippen LogP contribution in [0.4, 0.5) is 0 Å². The molecule has 2 saturated carbocycles. The molecule has 2 fully saturated rings. The van der Waals surface area contributed by atoms with Crippen molar-refractivity contribution in [2.24, 2.45) is 17.8 Å². The van der Waals surface area contributed by atoms with Crippen molar-refractivity contribution in [1.29, 1.82) is 0 Å². The molecule has 0 aromatic carbocycles. The van der Waals surface area contributed by atoms with Crippen molar-refractivity contribution in [2.75, 3.05) is 0 Å². The molecule has 0 amide bonds. The van der Waals surface area contributed by atoms with Crippen LogP contribution in [0.3, 0.4) is 0 Å². The van der Waals surface area contributed by atoms with Crippen LogP contribution in [0.2, 0.25) is 0 Å². The number of fused-ring (bicyclic) bond motifs is 1. The molecule has 0 radical (unpaired) electrons. The molecule has 3 rings (SSSR count). The fraction of sp³-hybridized carbons (Fsp3) is 0.722. The van der Waals surface area contributed by atoms with Crippen molar-refractivity contribution in [3.63, 3.8) is 0 Å². The summed E-state index contributed by atoms with van der Waals surface area (Å²) in [5.41, 5.74) is 2.61. The third-order valence-electron chi connectivity index (χ3n) is 5.60. The van der Waals surface area contributed by atoms with Crippen molar-refractivity contribution in [3.8, 4) is 0 Å². The summed E-state index contributed by atoms with van der Waals surface area (Å²) in [6.07, 6.45) is 13.3. The lowest BCUT2D eigenvalue weighted by Gasteiger charge is -2.40. The van der Waals surface area contributed by atoms with Crippen LogP contribution in [0, 0.1) is 24.7 Å². The third-order valence-corrected chi connectivity index (χ3v) is 6.67. The molecule has 0 spiro atoms. The van der Waals surface area contributed by atoms with Crippen LogP contribution in [0.15, 0.2) is 18.3 Å². The molecule has 0 saturated heterocycles. The molecule has 0 aliphatic heterocycles. The highest BCUT2D eigenvalue weighted by Crippen LogP contribution is 2.45. The molecule has 1 heterocycles. The van der Waals surface area contributed by atoms with Gasteiger partial charge in [0.1, 0.15) is 0 Å². The van der Waals surface area contributed by atoms with Gasteiger partial charge in [0.25, 0.3) is 0 Å². The number of halogens is 1. The summed E-state index contributed by atoms with van der Waals surface area (Å²) in [6, 6.07) is 4.22. The van der Waals surface area contributed by atoms with Crippen LogP contribution >= 0.6 is 15.9 Å². The predicted octanol–water partition coefficient (Wildman–Crippen LogP) is 5.30. The van der Waals surface area contributed by atoms with E-state index in [9.17, 15) is 0 Å². The minimum Gasteiger partial charge on any atom is -0.261 e. The molecular weight excluding hydrogens is 310 g/mol. The monoisotopic (exact) mass is 335 g/mol. The van der Waals surface area contributed by atoms with E-state index in [1.54, 1.807) is 0 Å². The summed E-state index contributed by atoms with van der Waals surface area (Å²) in [7, 11) is 0. The van der Waals surface area contributed by atoms with Crippen LogP contribution in [0.25, 0.3) is 0 Å². The molecule has 1 nitrogen and oxygen atoms in total. The molecule has 20 heavy (non-hydrogen) atoms. The molecule has 0 bridgehead atoms. The standard InChI is InChI=1S/C18H26BrN/c1-13-5-4-10-20-18(13)12-17(19)16-9-8-14-6-2-3-7-15(14)11-16/h4-5,10,14-17H,2-3,6-9,11-12H2,1H3. The zero-order chi connectivity index (χ0) is 13.9. The van der Waals surface area contributed by atoms with Gasteiger partial charge in [-0.2, -0.15) is 0 Å². The largest absolute Gasteiger partial charge is 0.261 e. The lowest BCUT2D eigenvalue weighted by molar-refractivity contribution is 0.129. The normalized spacial score (nSPS) is 31.6. The molecule has 2 aliphatic rings. The van der Waals surface area contributed by atoms with E-state index >= 15 is 0 Å². The van der Waals surface area contributed by atoms with Gasteiger partial charge in [-0.15, -0.1) is 0 Å². The summed E-state index contributed by atoms with van der Waals surface area (Å²) in [4.78, 5) is 5.17. The Bertz CT molecular complexity index is 445. The maximum Gasteiger partial charge on any atom is 0.0443 e. The lowest BCUT2D eigenvalue weighted by atomic mass is 9.66. The van der Waals surface area contributed by atoms with Gasteiger partial charge in [0, 0.05) is 23.1 Å². The van der Waals surface area contributed by atoms with Gasteiger partial charge in [-0.3, -0.25) is 4.98 Å². The molecule has 0 N–H and O–H groups in total. The topological polar surface area (TPSA) is 12.9 Å². The van der Waals surface area contributed by atoms with E-state index in [1.165, 1.54) is 56.2 Å². The fourth-order valence-corrected chi connectivity index (χ4v) is 5.11. The van der Waals surface area contributed by atoms with E-state index in [2.05, 4.69) is 33.9 Å². The Morgan fingerprint density at radius 3 is 2.80 bits per heavy atom. The summed E-state index contributed by atoms with van der Waals surface area (Å²) in [6.45, 7) is 2.18. The van der Waals surface area contributed by atoms with Crippen LogP contribution < -0.4 is 0 Å². The first kappa shape index (κ1) is 14.6. The van der Waals surface area contributed by atoms with Gasteiger partial charge >= 0.3 is 0 Å². The van der Waals surface area contributed by atoms with Crippen LogP contribution in [0.5, 0.6) is 0 Å². The number of nitrogens with zero attached hydrogens (tertiary/aromatic N) is 1. The summed E-state index contributed by atoms with van der Waals surface area (Å²) in [5.74, 6) is 2.93. The molecule has 2 aliphatic carbocycles. The first-order chi connectivity index (χ1) is 9.74. The van der Waals surface area contributed by atoms with E-state index in [1.807, 2.05) is 12.3 Å². The highest BCUT2D eigenvalue weighted by atomic mass is 79.9. The van der Waals surface area contributed by atoms with Crippen molar-refractivity contribution in [2.45, 2.75) is 63.1 Å². The molecule has 4 unspecified atom stereocenters. The number of pyridine rings is 1. The van der Waals surface area contributed by atoms with Crippen LogP contribution in [0.1, 0.15) is 56.2 Å². The second kappa shape index (κ2) is 6.60. The molecule has 4 atom stereocenters. The Balaban J connectivity index is 1.60. The lowest BCUT2D eigenvalue weighted by Crippen LogP contribution is -2.32. The van der Waals surface area contributed by atoms with E-state index < -0.39 is 0 Å². The van der Waals surface area contributed by atoms with Crippen molar-refractivity contribution < 1.29 is 0 Å². The highest BCUT2D eigenvalue weighted by Gasteiger charge is 2.34. The van der Waals surface area contributed by atoms with E-state index in [-0.39, 0.29) is 0 Å². The Morgan fingerprint density at radius 1 is 1.20 bits per heavy atom. The Labute approximate surface area is 131 Å². The van der Waals surface area contributed by atoms with E-state index in [4.69, 9.17) is 0 Å². The van der Waals surface area contributed by atoms with Gasteiger partial charge in [0.2, 0.25) is 0 Å². The highest BCUT2D eigenvalue weighted by molar-refractivity contribution is 9.09. The van der Waals surface area contributed by atoms with Gasteiger partial charge in [-0.05, 0) is 55.6 Å². The quantitative estimate of drug-likeness (QED) is 0.682. The minimum absolute atomic E-state index is 0.610. The van der Waals surface area contributed by atoms with Crippen molar-refractivity contribution in [1.82, 2.24) is 4.98 Å². The Hall–Kier alpha value is -0.370. The second-order valence-corrected chi connectivity index (χ2v) is 8.04. The maximum absolute atomic E-state index is 4.56. The predicted molar refractivity (Wildman–Crippen MR) is 88.2 cm³/mol. The van der Waals surface area contributed by atoms with Gasteiger partial charge in [-0.1, -0.05) is 47.7 Å². The minimum atomic E-state index is 0.610. The van der Waals surface area contributed by atoms with Crippen LogP contribution in [-0.2, 0) is 6.42 Å². The zero-order valence-corrected chi connectivity index (χ0v) is 14.1. The fourth-order valence-electron chi connectivity index (χ4n) is 4.32. The van der Waals surface area contributed by atoms with Gasteiger partial charge in [0.15, 0.2) is 0 Å². The molecule has 110 valence electrons. The number of aromatic nitrogens is 1. The van der Waals surface area contributed by atoms with E-state index in [0.29, 0.717) is 4.83 Å². The van der Waals surface area contributed by atoms with Gasteiger partial charge in [0.05, 0.1) is 0 Å². The first-order valence-corrected chi connectivity index (χ1v) is 9.20. The molecule has 1 aromatic heterocycles. The number of aryl methyl sites for hydroxylation is 1. The molecular formula is C18H26BrN. The third kappa shape index (κ3) is 3.27. The van der Waals surface area contributed by atoms with Gasteiger partial charge in [-0.25, -0.2) is 0 Å². The second-order valence-electron chi connectivity index (χ2n) is 6.86. The Kier molecular flexibility index (Phi) is 4.80. The maximum atomic E-state index is 4.56. The summed E-state index contributed by atoms with van der Waals surface area (Å²) >= 11 is 3.99. The zero-order valence-electron chi connectivity index (χ0n) is 12.5.